The molecular formula is C30H31F3N2O2S. The van der Waals surface area contributed by atoms with Crippen LogP contribution in [0.25, 0.3) is 0 Å². The first-order valence-electron chi connectivity index (χ1n) is 13.1. The van der Waals surface area contributed by atoms with Crippen LogP contribution in [0.2, 0.25) is 0 Å². The molecule has 1 aliphatic heterocycles. The second kappa shape index (κ2) is 10.9. The van der Waals surface area contributed by atoms with Gasteiger partial charge in [-0.25, -0.2) is 0 Å². The Hall–Kier alpha value is -3.13. The van der Waals surface area contributed by atoms with Gasteiger partial charge in [0, 0.05) is 23.0 Å². The molecule has 1 aromatic heterocycles. The lowest BCUT2D eigenvalue weighted by atomic mass is 9.90. The zero-order chi connectivity index (χ0) is 26.9. The molecule has 0 spiro atoms. The molecule has 4 nitrogen and oxygen atoms in total. The quantitative estimate of drug-likeness (QED) is 0.349. The van der Waals surface area contributed by atoms with Crippen molar-refractivity contribution in [3.8, 4) is 0 Å². The Kier molecular flexibility index (Phi) is 7.61. The summed E-state index contributed by atoms with van der Waals surface area (Å²) in [6, 6.07) is 14.1. The molecule has 1 atom stereocenters. The van der Waals surface area contributed by atoms with E-state index in [1.807, 2.05) is 30.0 Å². The first-order chi connectivity index (χ1) is 18.2. The van der Waals surface area contributed by atoms with Gasteiger partial charge in [-0.2, -0.15) is 13.2 Å². The van der Waals surface area contributed by atoms with Crippen LogP contribution in [0.3, 0.4) is 0 Å². The molecule has 1 aliphatic carbocycles. The molecule has 2 aromatic carbocycles. The third-order valence-electron chi connectivity index (χ3n) is 7.81. The number of aryl methyl sites for hydroxylation is 1. The fraction of sp³-hybridized carbons (Fsp3) is 0.400. The summed E-state index contributed by atoms with van der Waals surface area (Å²) in [6.45, 7) is 2.51. The zero-order valence-electron chi connectivity index (χ0n) is 21.3. The van der Waals surface area contributed by atoms with Gasteiger partial charge >= 0.3 is 6.18 Å². The number of nitrogens with zero attached hydrogens (tertiary/aromatic N) is 2. The first kappa shape index (κ1) is 26.5. The standard InChI is InChI=1S/C30H31F3N2O2S/c1-20-7-5-6-10-24(20)28-25-16-18-38-26(25)15-17-34(28)27(36)19-35(23-8-3-2-4-9-23)29(37)21-11-13-22(14-12-21)30(31,32)33/h5-7,10-14,16,18,23,28H,2-4,8-9,15,17,19H2,1H3. The maximum Gasteiger partial charge on any atom is 0.416 e. The highest BCUT2D eigenvalue weighted by Gasteiger charge is 2.37. The minimum absolute atomic E-state index is 0.0909. The molecule has 200 valence electrons. The molecule has 2 aliphatic rings. The number of thiophene rings is 1. The largest absolute Gasteiger partial charge is 0.416 e. The van der Waals surface area contributed by atoms with Gasteiger partial charge in [0.1, 0.15) is 6.54 Å². The van der Waals surface area contributed by atoms with Gasteiger partial charge in [0.2, 0.25) is 5.91 Å². The summed E-state index contributed by atoms with van der Waals surface area (Å²) in [7, 11) is 0. The van der Waals surface area contributed by atoms with Crippen LogP contribution in [-0.4, -0.2) is 40.7 Å². The van der Waals surface area contributed by atoms with Gasteiger partial charge in [0.05, 0.1) is 11.6 Å². The molecule has 2 heterocycles. The lowest BCUT2D eigenvalue weighted by Gasteiger charge is -2.40. The van der Waals surface area contributed by atoms with Crippen molar-refractivity contribution in [3.05, 3.63) is 92.7 Å². The Bertz CT molecular complexity index is 1300. The fourth-order valence-corrected chi connectivity index (χ4v) is 6.68. The Morgan fingerprint density at radius 1 is 0.974 bits per heavy atom. The number of alkyl halides is 3. The van der Waals surface area contributed by atoms with Crippen LogP contribution in [0.1, 0.15) is 75.6 Å². The minimum Gasteiger partial charge on any atom is -0.330 e. The molecule has 2 amide bonds. The number of halogens is 3. The van der Waals surface area contributed by atoms with Crippen molar-refractivity contribution in [3.63, 3.8) is 0 Å². The van der Waals surface area contributed by atoms with E-state index in [4.69, 9.17) is 0 Å². The van der Waals surface area contributed by atoms with Gasteiger partial charge < -0.3 is 9.80 Å². The number of hydrogen-bond acceptors (Lipinski definition) is 3. The highest BCUT2D eigenvalue weighted by Crippen LogP contribution is 2.39. The van der Waals surface area contributed by atoms with Crippen LogP contribution in [0.5, 0.6) is 0 Å². The Labute approximate surface area is 225 Å². The molecule has 8 heteroatoms. The smallest absolute Gasteiger partial charge is 0.330 e. The number of carbonyl (C=O) groups excluding carboxylic acids is 2. The SMILES string of the molecule is Cc1ccccc1C1c2ccsc2CCN1C(=O)CN(C(=O)c1ccc(C(F)(F)F)cc1)C1CCCCC1. The average Bonchev–Trinajstić information content (AvgIpc) is 3.40. The van der Waals surface area contributed by atoms with Crippen molar-refractivity contribution in [2.45, 2.75) is 63.7 Å². The van der Waals surface area contributed by atoms with E-state index in [1.54, 1.807) is 16.2 Å². The predicted octanol–water partition coefficient (Wildman–Crippen LogP) is 7.02. The minimum atomic E-state index is -4.47. The molecule has 0 saturated heterocycles. The summed E-state index contributed by atoms with van der Waals surface area (Å²) in [5, 5.41) is 2.06. The monoisotopic (exact) mass is 540 g/mol. The second-order valence-corrected chi connectivity index (χ2v) is 11.2. The number of benzene rings is 2. The van der Waals surface area contributed by atoms with Gasteiger partial charge in [0.15, 0.2) is 0 Å². The molecular weight excluding hydrogens is 509 g/mol. The Balaban J connectivity index is 1.44. The highest BCUT2D eigenvalue weighted by molar-refractivity contribution is 7.10. The van der Waals surface area contributed by atoms with Crippen molar-refractivity contribution in [1.29, 1.82) is 0 Å². The number of amides is 2. The first-order valence-corrected chi connectivity index (χ1v) is 14.0. The summed E-state index contributed by atoms with van der Waals surface area (Å²) in [5.41, 5.74) is 2.67. The van der Waals surface area contributed by atoms with Crippen LogP contribution in [-0.2, 0) is 17.4 Å². The molecule has 38 heavy (non-hydrogen) atoms. The Morgan fingerprint density at radius 2 is 1.68 bits per heavy atom. The molecule has 5 rings (SSSR count). The second-order valence-electron chi connectivity index (χ2n) is 10.2. The van der Waals surface area contributed by atoms with E-state index in [1.165, 1.54) is 17.0 Å². The van der Waals surface area contributed by atoms with Gasteiger partial charge in [-0.05, 0) is 78.6 Å². The zero-order valence-corrected chi connectivity index (χ0v) is 22.2. The molecule has 0 N–H and O–H groups in total. The van der Waals surface area contributed by atoms with Crippen LogP contribution >= 0.6 is 11.3 Å². The van der Waals surface area contributed by atoms with Gasteiger partial charge in [-0.1, -0.05) is 43.5 Å². The van der Waals surface area contributed by atoms with E-state index in [2.05, 4.69) is 17.5 Å². The topological polar surface area (TPSA) is 40.6 Å². The maximum atomic E-state index is 14.0. The van der Waals surface area contributed by atoms with Crippen molar-refractivity contribution < 1.29 is 22.8 Å². The van der Waals surface area contributed by atoms with Crippen LogP contribution in [0.15, 0.2) is 60.0 Å². The lowest BCUT2D eigenvalue weighted by molar-refractivity contribution is -0.137. The van der Waals surface area contributed by atoms with E-state index in [0.717, 1.165) is 67.3 Å². The third-order valence-corrected chi connectivity index (χ3v) is 8.81. The molecule has 3 aromatic rings. The highest BCUT2D eigenvalue weighted by atomic mass is 32.1. The summed E-state index contributed by atoms with van der Waals surface area (Å²) < 4.78 is 39.3. The summed E-state index contributed by atoms with van der Waals surface area (Å²) >= 11 is 1.70. The fourth-order valence-electron chi connectivity index (χ4n) is 5.78. The molecule has 1 unspecified atom stereocenters. The van der Waals surface area contributed by atoms with Crippen molar-refractivity contribution in [2.75, 3.05) is 13.1 Å². The number of hydrogen-bond donors (Lipinski definition) is 0. The van der Waals surface area contributed by atoms with E-state index in [-0.39, 0.29) is 36.0 Å². The van der Waals surface area contributed by atoms with Crippen molar-refractivity contribution >= 4 is 23.2 Å². The van der Waals surface area contributed by atoms with Gasteiger partial charge in [0.25, 0.3) is 5.91 Å². The van der Waals surface area contributed by atoms with Crippen molar-refractivity contribution in [2.24, 2.45) is 0 Å². The number of fused-ring (bicyclic) bond motifs is 1. The third kappa shape index (κ3) is 5.37. The lowest BCUT2D eigenvalue weighted by Crippen LogP contribution is -2.50. The van der Waals surface area contributed by atoms with Crippen LogP contribution in [0, 0.1) is 6.92 Å². The number of carbonyl (C=O) groups is 2. The van der Waals surface area contributed by atoms with Gasteiger partial charge in [-0.3, -0.25) is 9.59 Å². The van der Waals surface area contributed by atoms with Crippen LogP contribution in [0.4, 0.5) is 13.2 Å². The molecule has 0 radical (unpaired) electrons. The summed E-state index contributed by atoms with van der Waals surface area (Å²) in [5.74, 6) is -0.527. The Morgan fingerprint density at radius 3 is 2.37 bits per heavy atom. The van der Waals surface area contributed by atoms with Gasteiger partial charge in [-0.15, -0.1) is 11.3 Å². The van der Waals surface area contributed by atoms with E-state index in [0.29, 0.717) is 6.54 Å². The van der Waals surface area contributed by atoms with E-state index < -0.39 is 11.7 Å². The summed E-state index contributed by atoms with van der Waals surface area (Å²) in [6.07, 6.45) is 0.866. The molecule has 1 saturated carbocycles. The maximum absolute atomic E-state index is 14.0. The molecule has 1 fully saturated rings. The average molecular weight is 541 g/mol. The van der Waals surface area contributed by atoms with Crippen LogP contribution < -0.4 is 0 Å². The van der Waals surface area contributed by atoms with E-state index in [9.17, 15) is 22.8 Å². The predicted molar refractivity (Wildman–Crippen MR) is 142 cm³/mol. The van der Waals surface area contributed by atoms with Crippen molar-refractivity contribution in [1.82, 2.24) is 9.80 Å². The number of rotatable bonds is 5. The summed E-state index contributed by atoms with van der Waals surface area (Å²) in [4.78, 5) is 32.4. The normalized spacial score (nSPS) is 18.2. The molecule has 0 bridgehead atoms. The van der Waals surface area contributed by atoms with E-state index >= 15 is 0 Å².